The molecule has 2 aliphatic heterocycles. The number of fused-ring (bicyclic) bond motifs is 1. The van der Waals surface area contributed by atoms with Gasteiger partial charge in [-0.15, -0.1) is 0 Å². The van der Waals surface area contributed by atoms with Crippen molar-refractivity contribution < 1.29 is 18.0 Å². The van der Waals surface area contributed by atoms with Gasteiger partial charge in [0.05, 0.1) is 34.4 Å². The average Bonchev–Trinajstić information content (AvgIpc) is 3.22. The molecule has 6 nitrogen and oxygen atoms in total. The first-order chi connectivity index (χ1) is 17.2. The highest BCUT2D eigenvalue weighted by Gasteiger charge is 2.39. The van der Waals surface area contributed by atoms with Crippen molar-refractivity contribution in [1.82, 2.24) is 9.88 Å². The lowest BCUT2D eigenvalue weighted by atomic mass is 9.99. The lowest BCUT2D eigenvalue weighted by Gasteiger charge is -2.33. The summed E-state index contributed by atoms with van der Waals surface area (Å²) in [5.74, 6) is -0.141. The minimum Gasteiger partial charge on any atom is -0.324 e. The third kappa shape index (κ3) is 5.29. The number of likely N-dealkylation sites (tertiary alicyclic amines) is 1. The summed E-state index contributed by atoms with van der Waals surface area (Å²) in [4.78, 5) is 29.1. The zero-order valence-electron chi connectivity index (χ0n) is 19.5. The fourth-order valence-electron chi connectivity index (χ4n) is 4.30. The van der Waals surface area contributed by atoms with E-state index in [1.807, 2.05) is 37.4 Å². The maximum absolute atomic E-state index is 13.1. The second-order valence-electron chi connectivity index (χ2n) is 8.99. The van der Waals surface area contributed by atoms with Crippen molar-refractivity contribution in [1.29, 1.82) is 0 Å². The highest BCUT2D eigenvalue weighted by atomic mass is 32.2. The maximum Gasteiger partial charge on any atom is 0.416 e. The molecule has 0 radical (unpaired) electrons. The van der Waals surface area contributed by atoms with Gasteiger partial charge in [-0.1, -0.05) is 42.1 Å². The molecule has 0 saturated carbocycles. The van der Waals surface area contributed by atoms with Gasteiger partial charge in [-0.05, 0) is 31.3 Å². The van der Waals surface area contributed by atoms with Gasteiger partial charge in [0.25, 0.3) is 0 Å². The molecule has 0 atom stereocenters. The zero-order chi connectivity index (χ0) is 25.3. The molecule has 2 aliphatic rings. The predicted molar refractivity (Wildman–Crippen MR) is 138 cm³/mol. The molecule has 2 aromatic carbocycles. The molecular weight excluding hydrogens is 487 g/mol. The first-order valence-corrected chi connectivity index (χ1v) is 12.5. The summed E-state index contributed by atoms with van der Waals surface area (Å²) in [7, 11) is 2.04. The van der Waals surface area contributed by atoms with Crippen LogP contribution in [0.2, 0.25) is 0 Å². The highest BCUT2D eigenvalue weighted by molar-refractivity contribution is 8.16. The van der Waals surface area contributed by atoms with E-state index in [4.69, 9.17) is 9.98 Å². The molecule has 5 rings (SSSR count). The molecule has 36 heavy (non-hydrogen) atoms. The van der Waals surface area contributed by atoms with Gasteiger partial charge in [-0.25, -0.2) is 4.99 Å². The molecule has 1 aromatic heterocycles. The summed E-state index contributed by atoms with van der Waals surface area (Å²) >= 11 is 1.25. The van der Waals surface area contributed by atoms with E-state index in [9.17, 15) is 18.0 Å². The van der Waals surface area contributed by atoms with Crippen LogP contribution in [0.5, 0.6) is 0 Å². The van der Waals surface area contributed by atoms with E-state index >= 15 is 0 Å². The Morgan fingerprint density at radius 1 is 1.08 bits per heavy atom. The number of nitrogens with zero attached hydrogens (tertiary/aromatic N) is 4. The quantitative estimate of drug-likeness (QED) is 0.520. The van der Waals surface area contributed by atoms with Gasteiger partial charge in [0, 0.05) is 36.9 Å². The predicted octanol–water partition coefficient (Wildman–Crippen LogP) is 5.25. The van der Waals surface area contributed by atoms with Crippen LogP contribution in [0.4, 0.5) is 18.9 Å². The molecule has 0 bridgehead atoms. The van der Waals surface area contributed by atoms with Crippen LogP contribution in [0.25, 0.3) is 10.9 Å². The lowest BCUT2D eigenvalue weighted by Crippen LogP contribution is -2.39. The first kappa shape index (κ1) is 24.5. The van der Waals surface area contributed by atoms with Gasteiger partial charge < -0.3 is 10.2 Å². The second kappa shape index (κ2) is 9.67. The fraction of sp³-hybridized carbons (Fsp3) is 0.308. The number of halogens is 3. The van der Waals surface area contributed by atoms with E-state index in [2.05, 4.69) is 15.2 Å². The number of aromatic nitrogens is 1. The number of nitrogens with one attached hydrogen (secondary N) is 1. The molecule has 3 aromatic rings. The number of anilines is 1. The maximum atomic E-state index is 13.1. The van der Waals surface area contributed by atoms with Gasteiger partial charge in [-0.2, -0.15) is 13.2 Å². The number of aliphatic imine (C=N–C) groups is 2. The first-order valence-electron chi connectivity index (χ1n) is 11.5. The number of rotatable bonds is 4. The number of pyridine rings is 1. The third-order valence-electron chi connectivity index (χ3n) is 6.32. The SMILES string of the molecule is CN1CCC2(CC1)N=C(SCC(=O)Nc1cnc3ccccc3c1)C(c1ccc(C(F)(F)F)cc1)=N2. The average molecular weight is 512 g/mol. The minimum atomic E-state index is -4.41. The van der Waals surface area contributed by atoms with Crippen molar-refractivity contribution in [3.05, 3.63) is 71.9 Å². The second-order valence-corrected chi connectivity index (χ2v) is 9.96. The van der Waals surface area contributed by atoms with E-state index in [1.54, 1.807) is 6.20 Å². The Kier molecular flexibility index (Phi) is 6.57. The number of carbonyl (C=O) groups is 1. The number of carbonyl (C=O) groups excluding carboxylic acids is 1. The van der Waals surface area contributed by atoms with E-state index in [1.165, 1.54) is 23.9 Å². The Bertz CT molecular complexity index is 1350. The molecule has 186 valence electrons. The summed E-state index contributed by atoms with van der Waals surface area (Å²) in [6.07, 6.45) is -1.37. The van der Waals surface area contributed by atoms with Crippen LogP contribution in [0.1, 0.15) is 24.0 Å². The Labute approximate surface area is 210 Å². The summed E-state index contributed by atoms with van der Waals surface area (Å²) in [5.41, 5.74) is 1.18. The summed E-state index contributed by atoms with van der Waals surface area (Å²) < 4.78 is 39.2. The minimum absolute atomic E-state index is 0.0846. The van der Waals surface area contributed by atoms with Gasteiger partial charge in [-0.3, -0.25) is 14.8 Å². The number of hydrogen-bond acceptors (Lipinski definition) is 6. The van der Waals surface area contributed by atoms with Gasteiger partial charge in [0.1, 0.15) is 5.04 Å². The number of para-hydroxylation sites is 1. The van der Waals surface area contributed by atoms with E-state index < -0.39 is 17.4 Å². The van der Waals surface area contributed by atoms with E-state index in [0.717, 1.165) is 36.1 Å². The molecule has 1 N–H and O–H groups in total. The standard InChI is InChI=1S/C26H24F3N5OS/c1-34-12-10-25(11-13-34)32-23(17-6-8-19(9-7-17)26(27,28)29)24(33-25)36-16-22(35)31-20-14-18-4-2-3-5-21(18)30-15-20/h2-9,14-15H,10-13,16H2,1H3,(H,31,35). The van der Waals surface area contributed by atoms with Crippen molar-refractivity contribution in [3.8, 4) is 0 Å². The van der Waals surface area contributed by atoms with Crippen molar-refractivity contribution in [2.45, 2.75) is 24.7 Å². The molecule has 1 spiro atoms. The molecule has 1 fully saturated rings. The summed E-state index contributed by atoms with van der Waals surface area (Å²) in [5, 5.41) is 4.36. The lowest BCUT2D eigenvalue weighted by molar-refractivity contribution is -0.137. The smallest absolute Gasteiger partial charge is 0.324 e. The van der Waals surface area contributed by atoms with Crippen LogP contribution < -0.4 is 5.32 Å². The van der Waals surface area contributed by atoms with E-state index in [-0.39, 0.29) is 11.7 Å². The third-order valence-corrected chi connectivity index (χ3v) is 7.28. The summed E-state index contributed by atoms with van der Waals surface area (Å²) in [6.45, 7) is 1.64. The van der Waals surface area contributed by atoms with E-state index in [0.29, 0.717) is 34.8 Å². The van der Waals surface area contributed by atoms with Crippen LogP contribution >= 0.6 is 11.8 Å². The highest BCUT2D eigenvalue weighted by Crippen LogP contribution is 2.36. The van der Waals surface area contributed by atoms with Crippen molar-refractivity contribution in [2.24, 2.45) is 9.98 Å². The Morgan fingerprint density at radius 2 is 1.81 bits per heavy atom. The summed E-state index contributed by atoms with van der Waals surface area (Å²) in [6, 6.07) is 14.5. The normalized spacial score (nSPS) is 17.8. The van der Waals surface area contributed by atoms with Crippen LogP contribution in [-0.4, -0.2) is 58.1 Å². The van der Waals surface area contributed by atoms with Crippen LogP contribution in [0.15, 0.2) is 70.8 Å². The number of thioether (sulfide) groups is 1. The number of benzene rings is 2. The number of amides is 1. The molecule has 3 heterocycles. The van der Waals surface area contributed by atoms with Crippen LogP contribution in [0.3, 0.4) is 0 Å². The van der Waals surface area contributed by atoms with Crippen molar-refractivity contribution >= 4 is 45.0 Å². The van der Waals surface area contributed by atoms with Crippen LogP contribution in [0, 0.1) is 0 Å². The van der Waals surface area contributed by atoms with Gasteiger partial charge in [0.2, 0.25) is 5.91 Å². The number of piperidine rings is 1. The fourth-order valence-corrected chi connectivity index (χ4v) is 5.17. The van der Waals surface area contributed by atoms with Crippen LogP contribution in [-0.2, 0) is 11.0 Å². The molecule has 0 aliphatic carbocycles. The monoisotopic (exact) mass is 511 g/mol. The number of alkyl halides is 3. The van der Waals surface area contributed by atoms with Gasteiger partial charge >= 0.3 is 6.18 Å². The largest absolute Gasteiger partial charge is 0.416 e. The zero-order valence-corrected chi connectivity index (χ0v) is 20.4. The molecule has 1 amide bonds. The molecule has 0 unspecified atom stereocenters. The van der Waals surface area contributed by atoms with Gasteiger partial charge in [0.15, 0.2) is 5.66 Å². The molecular formula is C26H24F3N5OS. The molecule has 10 heteroatoms. The van der Waals surface area contributed by atoms with Crippen molar-refractivity contribution in [2.75, 3.05) is 31.2 Å². The van der Waals surface area contributed by atoms with Crippen molar-refractivity contribution in [3.63, 3.8) is 0 Å². The Morgan fingerprint density at radius 3 is 2.53 bits per heavy atom. The topological polar surface area (TPSA) is 70.0 Å². The Balaban J connectivity index is 1.33. The Hall–Kier alpha value is -3.24. The number of hydrogen-bond donors (Lipinski definition) is 1. The molecule has 1 saturated heterocycles.